The maximum absolute atomic E-state index is 12.5. The summed E-state index contributed by atoms with van der Waals surface area (Å²) in [5, 5.41) is 9.63. The van der Waals surface area contributed by atoms with Gasteiger partial charge in [-0.25, -0.2) is 9.97 Å². The highest BCUT2D eigenvalue weighted by atomic mass is 16.5. The highest BCUT2D eigenvalue weighted by molar-refractivity contribution is 6.02. The number of hydrogen-bond donors (Lipinski definition) is 2. The lowest BCUT2D eigenvalue weighted by atomic mass is 10.1. The molecule has 1 fully saturated rings. The molecule has 3 aromatic rings. The van der Waals surface area contributed by atoms with Crippen molar-refractivity contribution in [3.63, 3.8) is 0 Å². The lowest BCUT2D eigenvalue weighted by molar-refractivity contribution is 0.102. The number of hydrogen-bond acceptors (Lipinski definition) is 7. The summed E-state index contributed by atoms with van der Waals surface area (Å²) in [5.74, 6) is 0.977. The third-order valence-electron chi connectivity index (χ3n) is 4.80. The molecule has 1 amide bonds. The Labute approximate surface area is 169 Å². The molecule has 4 rings (SSSR count). The number of aryl methyl sites for hydroxylation is 2. The average Bonchev–Trinajstić information content (AvgIpc) is 3.13. The van der Waals surface area contributed by atoms with Crippen molar-refractivity contribution in [1.82, 2.24) is 15.1 Å². The largest absolute Gasteiger partial charge is 0.372 e. The highest BCUT2D eigenvalue weighted by Gasteiger charge is 2.14. The van der Waals surface area contributed by atoms with Gasteiger partial charge in [0.2, 0.25) is 5.95 Å². The van der Waals surface area contributed by atoms with Crippen molar-refractivity contribution in [3.05, 3.63) is 53.5 Å². The van der Waals surface area contributed by atoms with Crippen LogP contribution in [0.2, 0.25) is 0 Å². The first kappa shape index (κ1) is 18.9. The average molecular weight is 392 g/mol. The summed E-state index contributed by atoms with van der Waals surface area (Å²) in [6.07, 6.45) is 3.80. The maximum atomic E-state index is 12.5. The van der Waals surface area contributed by atoms with Crippen molar-refractivity contribution in [3.8, 4) is 0 Å². The van der Waals surface area contributed by atoms with Gasteiger partial charge in [-0.1, -0.05) is 5.16 Å². The van der Waals surface area contributed by atoms with Crippen LogP contribution in [0.3, 0.4) is 0 Å². The van der Waals surface area contributed by atoms with Gasteiger partial charge in [0, 0.05) is 36.2 Å². The number of anilines is 4. The zero-order valence-corrected chi connectivity index (χ0v) is 16.6. The van der Waals surface area contributed by atoms with Crippen LogP contribution >= 0.6 is 0 Å². The summed E-state index contributed by atoms with van der Waals surface area (Å²) in [6.45, 7) is 5.80. The minimum Gasteiger partial charge on any atom is -0.372 e. The summed E-state index contributed by atoms with van der Waals surface area (Å²) in [5.41, 5.74) is 3.04. The molecule has 3 heterocycles. The van der Waals surface area contributed by atoms with E-state index in [0.717, 1.165) is 18.8 Å². The molecular formula is C21H24N6O2. The topological polar surface area (TPSA) is 96.2 Å². The molecule has 0 aliphatic carbocycles. The molecule has 0 atom stereocenters. The molecule has 0 unspecified atom stereocenters. The Morgan fingerprint density at radius 2 is 1.79 bits per heavy atom. The van der Waals surface area contributed by atoms with E-state index in [1.807, 2.05) is 19.1 Å². The summed E-state index contributed by atoms with van der Waals surface area (Å²) in [4.78, 5) is 23.6. The standard InChI is InChI=1S/C21H24N6O2/c1-14-12-18(20(28)25-19-13-15(2)29-26-19)24-21(22-14)23-16-6-8-17(9-7-16)27-10-4-3-5-11-27/h6-9,12-13H,3-5,10-11H2,1-2H3,(H,22,23,24)(H,25,26,28). The second-order valence-corrected chi connectivity index (χ2v) is 7.21. The van der Waals surface area contributed by atoms with Gasteiger partial charge in [0.15, 0.2) is 5.82 Å². The molecular weight excluding hydrogens is 368 g/mol. The molecule has 8 nitrogen and oxygen atoms in total. The number of amides is 1. The van der Waals surface area contributed by atoms with Crippen LogP contribution < -0.4 is 15.5 Å². The quantitative estimate of drug-likeness (QED) is 0.676. The minimum absolute atomic E-state index is 0.255. The molecule has 0 saturated carbocycles. The van der Waals surface area contributed by atoms with Gasteiger partial charge in [-0.3, -0.25) is 4.79 Å². The predicted molar refractivity (Wildman–Crippen MR) is 112 cm³/mol. The Hall–Kier alpha value is -3.42. The summed E-state index contributed by atoms with van der Waals surface area (Å²) in [6, 6.07) is 11.5. The van der Waals surface area contributed by atoms with E-state index in [9.17, 15) is 4.79 Å². The van der Waals surface area contributed by atoms with Gasteiger partial charge in [0.1, 0.15) is 11.5 Å². The van der Waals surface area contributed by atoms with E-state index in [1.54, 1.807) is 19.1 Å². The van der Waals surface area contributed by atoms with Gasteiger partial charge in [0.25, 0.3) is 5.91 Å². The number of benzene rings is 1. The van der Waals surface area contributed by atoms with Crippen LogP contribution in [0.25, 0.3) is 0 Å². The number of nitrogens with zero attached hydrogens (tertiary/aromatic N) is 4. The van der Waals surface area contributed by atoms with E-state index in [0.29, 0.717) is 23.2 Å². The molecule has 1 saturated heterocycles. The van der Waals surface area contributed by atoms with Crippen molar-refractivity contribution in [2.45, 2.75) is 33.1 Å². The number of carbonyl (C=O) groups excluding carboxylic acids is 1. The van der Waals surface area contributed by atoms with E-state index >= 15 is 0 Å². The predicted octanol–water partition coefficient (Wildman–Crippen LogP) is 4.07. The Morgan fingerprint density at radius 3 is 2.48 bits per heavy atom. The van der Waals surface area contributed by atoms with E-state index < -0.39 is 0 Å². The van der Waals surface area contributed by atoms with Gasteiger partial charge in [-0.15, -0.1) is 0 Å². The Kier molecular flexibility index (Phi) is 5.41. The van der Waals surface area contributed by atoms with Gasteiger partial charge in [0.05, 0.1) is 0 Å². The first-order valence-electron chi connectivity index (χ1n) is 9.79. The smallest absolute Gasteiger partial charge is 0.275 e. The van der Waals surface area contributed by atoms with Crippen LogP contribution in [0.15, 0.2) is 40.9 Å². The zero-order chi connectivity index (χ0) is 20.2. The summed E-state index contributed by atoms with van der Waals surface area (Å²) < 4.78 is 4.97. The molecule has 2 N–H and O–H groups in total. The third-order valence-corrected chi connectivity index (χ3v) is 4.80. The molecule has 1 aromatic carbocycles. The monoisotopic (exact) mass is 392 g/mol. The Bertz CT molecular complexity index is 993. The highest BCUT2D eigenvalue weighted by Crippen LogP contribution is 2.23. The van der Waals surface area contributed by atoms with Crippen molar-refractivity contribution in [1.29, 1.82) is 0 Å². The van der Waals surface area contributed by atoms with Crippen molar-refractivity contribution >= 4 is 29.0 Å². The van der Waals surface area contributed by atoms with Crippen LogP contribution in [0.5, 0.6) is 0 Å². The number of carbonyl (C=O) groups is 1. The van der Waals surface area contributed by atoms with E-state index in [-0.39, 0.29) is 11.6 Å². The van der Waals surface area contributed by atoms with Crippen molar-refractivity contribution < 1.29 is 9.32 Å². The third kappa shape index (κ3) is 4.71. The lowest BCUT2D eigenvalue weighted by Crippen LogP contribution is -2.29. The van der Waals surface area contributed by atoms with Crippen LogP contribution in [-0.4, -0.2) is 34.1 Å². The van der Waals surface area contributed by atoms with Crippen LogP contribution in [0.4, 0.5) is 23.1 Å². The van der Waals surface area contributed by atoms with E-state index in [4.69, 9.17) is 4.52 Å². The number of piperidine rings is 1. The van der Waals surface area contributed by atoms with Crippen molar-refractivity contribution in [2.75, 3.05) is 28.6 Å². The zero-order valence-electron chi connectivity index (χ0n) is 16.6. The van der Waals surface area contributed by atoms with Gasteiger partial charge >= 0.3 is 0 Å². The molecule has 2 aromatic heterocycles. The van der Waals surface area contributed by atoms with E-state index in [1.165, 1.54) is 24.9 Å². The van der Waals surface area contributed by atoms with Gasteiger partial charge in [-0.05, 0) is 63.4 Å². The normalized spacial score (nSPS) is 13.9. The molecule has 0 radical (unpaired) electrons. The number of rotatable bonds is 5. The molecule has 0 spiro atoms. The fourth-order valence-electron chi connectivity index (χ4n) is 3.38. The van der Waals surface area contributed by atoms with E-state index in [2.05, 4.69) is 42.8 Å². The number of nitrogens with one attached hydrogen (secondary N) is 2. The molecule has 8 heteroatoms. The van der Waals surface area contributed by atoms with Crippen LogP contribution in [0, 0.1) is 13.8 Å². The van der Waals surface area contributed by atoms with Crippen molar-refractivity contribution in [2.24, 2.45) is 0 Å². The fraction of sp³-hybridized carbons (Fsp3) is 0.333. The van der Waals surface area contributed by atoms with Crippen LogP contribution in [0.1, 0.15) is 41.2 Å². The Morgan fingerprint density at radius 1 is 1.03 bits per heavy atom. The molecule has 1 aliphatic rings. The molecule has 150 valence electrons. The fourth-order valence-corrected chi connectivity index (χ4v) is 3.38. The second-order valence-electron chi connectivity index (χ2n) is 7.21. The maximum Gasteiger partial charge on any atom is 0.275 e. The minimum atomic E-state index is -0.368. The second kappa shape index (κ2) is 8.30. The molecule has 29 heavy (non-hydrogen) atoms. The lowest BCUT2D eigenvalue weighted by Gasteiger charge is -2.28. The summed E-state index contributed by atoms with van der Waals surface area (Å²) >= 11 is 0. The number of aromatic nitrogens is 3. The molecule has 1 aliphatic heterocycles. The Balaban J connectivity index is 1.46. The first-order valence-corrected chi connectivity index (χ1v) is 9.79. The SMILES string of the molecule is Cc1cc(C(=O)Nc2cc(C)on2)nc(Nc2ccc(N3CCCCC3)cc2)n1. The van der Waals surface area contributed by atoms with Gasteiger partial charge < -0.3 is 20.1 Å². The van der Waals surface area contributed by atoms with Gasteiger partial charge in [-0.2, -0.15) is 0 Å². The summed E-state index contributed by atoms with van der Waals surface area (Å²) in [7, 11) is 0. The van der Waals surface area contributed by atoms with Crippen LogP contribution in [-0.2, 0) is 0 Å². The molecule has 0 bridgehead atoms. The first-order chi connectivity index (χ1) is 14.1.